The van der Waals surface area contributed by atoms with Crippen LogP contribution in [0.5, 0.6) is 0 Å². The van der Waals surface area contributed by atoms with Gasteiger partial charge in [0.25, 0.3) is 5.71 Å². The number of rotatable bonds is 5. The van der Waals surface area contributed by atoms with Crippen molar-refractivity contribution in [1.29, 1.82) is 0 Å². The van der Waals surface area contributed by atoms with E-state index < -0.39 is 11.7 Å². The van der Waals surface area contributed by atoms with Crippen molar-refractivity contribution in [3.63, 3.8) is 0 Å². The van der Waals surface area contributed by atoms with E-state index in [0.717, 1.165) is 25.5 Å². The Morgan fingerprint density at radius 2 is 2.10 bits per heavy atom. The highest BCUT2D eigenvalue weighted by molar-refractivity contribution is 5.82. The first-order chi connectivity index (χ1) is 14.7. The molecule has 2 atom stereocenters. The Kier molecular flexibility index (Phi) is 6.23. The molecule has 2 saturated heterocycles. The fraction of sp³-hybridized carbons (Fsp3) is 0.682. The Bertz CT molecular complexity index is 935. The third-order valence-corrected chi connectivity index (χ3v) is 6.25. The van der Waals surface area contributed by atoms with Crippen molar-refractivity contribution in [2.24, 2.45) is 0 Å². The normalized spacial score (nSPS) is 22.6. The molecule has 0 aliphatic carbocycles. The van der Waals surface area contributed by atoms with Crippen molar-refractivity contribution in [3.05, 3.63) is 23.0 Å². The van der Waals surface area contributed by atoms with Crippen molar-refractivity contribution in [3.8, 4) is 0 Å². The van der Waals surface area contributed by atoms with Crippen molar-refractivity contribution >= 4 is 17.0 Å². The second kappa shape index (κ2) is 8.76. The van der Waals surface area contributed by atoms with Gasteiger partial charge in [-0.1, -0.05) is 19.0 Å². The van der Waals surface area contributed by atoms with Crippen LogP contribution < -0.4 is 0 Å². The second-order valence-corrected chi connectivity index (χ2v) is 8.85. The minimum Gasteiger partial charge on any atom is -0.378 e. The Morgan fingerprint density at radius 3 is 2.77 bits per heavy atom. The summed E-state index contributed by atoms with van der Waals surface area (Å²) >= 11 is 0. The molecule has 2 fully saturated rings. The molecule has 6 nitrogen and oxygen atoms in total. The van der Waals surface area contributed by atoms with E-state index in [1.54, 1.807) is 18.7 Å². The minimum atomic E-state index is -4.55. The molecule has 170 valence electrons. The van der Waals surface area contributed by atoms with Gasteiger partial charge < -0.3 is 14.2 Å². The minimum absolute atomic E-state index is 0.0178. The Balaban J connectivity index is 1.57. The highest BCUT2D eigenvalue weighted by Crippen LogP contribution is 2.40. The Labute approximate surface area is 179 Å². The molecule has 2 aromatic heterocycles. The van der Waals surface area contributed by atoms with Crippen molar-refractivity contribution in [2.75, 3.05) is 19.7 Å². The summed E-state index contributed by atoms with van der Waals surface area (Å²) in [5.41, 5.74) is -0.284. The molecule has 4 heterocycles. The molecular formula is C22H28F3N3O3. The van der Waals surface area contributed by atoms with Crippen LogP contribution in [0.1, 0.15) is 81.2 Å². The maximum absolute atomic E-state index is 13.9. The van der Waals surface area contributed by atoms with Crippen LogP contribution in [0.2, 0.25) is 0 Å². The van der Waals surface area contributed by atoms with Crippen LogP contribution in [-0.2, 0) is 15.7 Å². The summed E-state index contributed by atoms with van der Waals surface area (Å²) in [6.45, 7) is 5.27. The predicted octanol–water partition coefficient (Wildman–Crippen LogP) is 5.03. The lowest BCUT2D eigenvalue weighted by molar-refractivity contribution is -0.136. The molecule has 1 amide bonds. The number of carbonyl (C=O) groups is 1. The van der Waals surface area contributed by atoms with Crippen LogP contribution in [0, 0.1) is 0 Å². The molecule has 2 aliphatic rings. The average Bonchev–Trinajstić information content (AvgIpc) is 3.40. The first-order valence-corrected chi connectivity index (χ1v) is 11.0. The summed E-state index contributed by atoms with van der Waals surface area (Å²) in [6.07, 6.45) is 0.0432. The topological polar surface area (TPSA) is 68.5 Å². The molecule has 0 saturated carbocycles. The van der Waals surface area contributed by atoms with Crippen molar-refractivity contribution < 1.29 is 27.2 Å². The summed E-state index contributed by atoms with van der Waals surface area (Å²) in [5, 5.41) is 3.93. The summed E-state index contributed by atoms with van der Waals surface area (Å²) in [6, 6.07) is 1.10. The van der Waals surface area contributed by atoms with Crippen molar-refractivity contribution in [2.45, 2.75) is 76.5 Å². The summed E-state index contributed by atoms with van der Waals surface area (Å²) < 4.78 is 52.4. The van der Waals surface area contributed by atoms with Crippen LogP contribution in [-0.4, -0.2) is 46.7 Å². The molecule has 2 aromatic rings. The molecule has 9 heteroatoms. The first kappa shape index (κ1) is 22.0. The SMILES string of the molecule is CC(C)c1cc(C(F)(F)F)c2c([C@H]3CCCN(C(=O)CC[C@H]4CCCO4)C3)noc2n1. The zero-order valence-corrected chi connectivity index (χ0v) is 17.9. The van der Waals surface area contributed by atoms with Crippen LogP contribution in [0.3, 0.4) is 0 Å². The summed E-state index contributed by atoms with van der Waals surface area (Å²) in [7, 11) is 0. The van der Waals surface area contributed by atoms with E-state index in [0.29, 0.717) is 44.5 Å². The van der Waals surface area contributed by atoms with Gasteiger partial charge in [-0.25, -0.2) is 4.98 Å². The monoisotopic (exact) mass is 439 g/mol. The zero-order chi connectivity index (χ0) is 22.2. The smallest absolute Gasteiger partial charge is 0.378 e. The molecule has 0 spiro atoms. The highest BCUT2D eigenvalue weighted by Gasteiger charge is 2.38. The van der Waals surface area contributed by atoms with Gasteiger partial charge in [0, 0.05) is 37.7 Å². The highest BCUT2D eigenvalue weighted by atomic mass is 19.4. The standard InChI is InChI=1S/C22H28F3N3O3/c1-13(2)17-11-16(22(23,24)25)19-20(27-31-21(19)26-17)14-5-3-9-28(12-14)18(29)8-7-15-6-4-10-30-15/h11,13-15H,3-10,12H2,1-2H3/t14-,15+/m0/s1. The lowest BCUT2D eigenvalue weighted by atomic mass is 9.91. The number of carbonyl (C=O) groups excluding carboxylic acids is 1. The fourth-order valence-corrected chi connectivity index (χ4v) is 4.53. The molecule has 0 unspecified atom stereocenters. The van der Waals surface area contributed by atoms with Gasteiger partial charge in [0.15, 0.2) is 0 Å². The van der Waals surface area contributed by atoms with Crippen molar-refractivity contribution in [1.82, 2.24) is 15.0 Å². The lowest BCUT2D eigenvalue weighted by Crippen LogP contribution is -2.39. The average molecular weight is 439 g/mol. The number of ether oxygens (including phenoxy) is 1. The van der Waals surface area contributed by atoms with E-state index in [4.69, 9.17) is 9.26 Å². The van der Waals surface area contributed by atoms with Gasteiger partial charge in [-0.2, -0.15) is 13.2 Å². The van der Waals surface area contributed by atoms with E-state index in [1.807, 2.05) is 0 Å². The van der Waals surface area contributed by atoms with Gasteiger partial charge in [-0.3, -0.25) is 4.79 Å². The molecule has 0 N–H and O–H groups in total. The number of alkyl halides is 3. The second-order valence-electron chi connectivity index (χ2n) is 8.85. The largest absolute Gasteiger partial charge is 0.417 e. The number of likely N-dealkylation sites (tertiary alicyclic amines) is 1. The van der Waals surface area contributed by atoms with Gasteiger partial charge in [-0.15, -0.1) is 0 Å². The van der Waals surface area contributed by atoms with Gasteiger partial charge in [0.2, 0.25) is 5.91 Å². The number of amides is 1. The number of pyridine rings is 1. The Hall–Kier alpha value is -2.16. The number of hydrogen-bond donors (Lipinski definition) is 0. The molecule has 4 rings (SSSR count). The summed E-state index contributed by atoms with van der Waals surface area (Å²) in [4.78, 5) is 18.7. The predicted molar refractivity (Wildman–Crippen MR) is 108 cm³/mol. The summed E-state index contributed by atoms with van der Waals surface area (Å²) in [5.74, 6) is -0.468. The molecule has 31 heavy (non-hydrogen) atoms. The molecule has 2 aliphatic heterocycles. The number of fused-ring (bicyclic) bond motifs is 1. The van der Waals surface area contributed by atoms with E-state index in [-0.39, 0.29) is 40.6 Å². The van der Waals surface area contributed by atoms with E-state index >= 15 is 0 Å². The van der Waals surface area contributed by atoms with Gasteiger partial charge in [0.05, 0.1) is 22.7 Å². The number of piperidine rings is 1. The molecule has 0 radical (unpaired) electrons. The number of hydrogen-bond acceptors (Lipinski definition) is 5. The van der Waals surface area contributed by atoms with E-state index in [9.17, 15) is 18.0 Å². The van der Waals surface area contributed by atoms with E-state index in [1.165, 1.54) is 0 Å². The van der Waals surface area contributed by atoms with Crippen LogP contribution in [0.25, 0.3) is 11.1 Å². The molecular weight excluding hydrogens is 411 g/mol. The fourth-order valence-electron chi connectivity index (χ4n) is 4.53. The quantitative estimate of drug-likeness (QED) is 0.654. The van der Waals surface area contributed by atoms with E-state index in [2.05, 4.69) is 10.1 Å². The molecule has 0 bridgehead atoms. The van der Waals surface area contributed by atoms with Gasteiger partial charge >= 0.3 is 6.18 Å². The number of aromatic nitrogens is 2. The maximum atomic E-state index is 13.9. The van der Waals surface area contributed by atoms with Gasteiger partial charge in [-0.05, 0) is 44.1 Å². The lowest BCUT2D eigenvalue weighted by Gasteiger charge is -2.32. The van der Waals surface area contributed by atoms with Gasteiger partial charge in [0.1, 0.15) is 0 Å². The maximum Gasteiger partial charge on any atom is 0.417 e. The Morgan fingerprint density at radius 1 is 1.29 bits per heavy atom. The van der Waals surface area contributed by atoms with Crippen LogP contribution >= 0.6 is 0 Å². The third kappa shape index (κ3) is 4.71. The van der Waals surface area contributed by atoms with Crippen LogP contribution in [0.15, 0.2) is 10.6 Å². The first-order valence-electron chi connectivity index (χ1n) is 11.0. The zero-order valence-electron chi connectivity index (χ0n) is 17.9. The number of nitrogens with zero attached hydrogens (tertiary/aromatic N) is 3. The van der Waals surface area contributed by atoms with Crippen LogP contribution in [0.4, 0.5) is 13.2 Å². The number of halogens is 3. The third-order valence-electron chi connectivity index (χ3n) is 6.25. The molecule has 0 aromatic carbocycles.